The molecule has 98 valence electrons. The molecule has 0 amide bonds. The molecule has 2 rings (SSSR count). The van der Waals surface area contributed by atoms with Crippen molar-refractivity contribution in [3.63, 3.8) is 0 Å². The largest absolute Gasteiger partial charge is 0.486 e. The highest BCUT2D eigenvalue weighted by molar-refractivity contribution is 5.90. The second-order valence-electron chi connectivity index (χ2n) is 4.86. The van der Waals surface area contributed by atoms with Gasteiger partial charge in [-0.05, 0) is 44.4 Å². The summed E-state index contributed by atoms with van der Waals surface area (Å²) in [5, 5.41) is 0. The molecule has 1 saturated carbocycles. The van der Waals surface area contributed by atoms with Gasteiger partial charge in [0, 0.05) is 13.0 Å². The Labute approximate surface area is 108 Å². The fourth-order valence-corrected chi connectivity index (χ4v) is 2.21. The average Bonchev–Trinajstić information content (AvgIpc) is 2.35. The fraction of sp³-hybridized carbons (Fsp3) is 0.533. The van der Waals surface area contributed by atoms with Gasteiger partial charge >= 0.3 is 0 Å². The number of aryl methyl sites for hydroxylation is 2. The van der Waals surface area contributed by atoms with E-state index in [1.165, 1.54) is 5.56 Å². The third-order valence-electron chi connectivity index (χ3n) is 3.55. The zero-order valence-corrected chi connectivity index (χ0v) is 11.4. The summed E-state index contributed by atoms with van der Waals surface area (Å²) < 4.78 is 11.4. The molecule has 2 unspecified atom stereocenters. The number of hydrogen-bond acceptors (Lipinski definition) is 3. The Kier molecular flexibility index (Phi) is 3.71. The number of benzene rings is 1. The second-order valence-corrected chi connectivity index (χ2v) is 4.86. The molecule has 1 aromatic carbocycles. The summed E-state index contributed by atoms with van der Waals surface area (Å²) in [5.41, 5.74) is 3.45. The molecule has 1 fully saturated rings. The minimum atomic E-state index is -0.380. The Hall–Kier alpha value is -1.35. The van der Waals surface area contributed by atoms with Crippen LogP contribution >= 0.6 is 0 Å². The van der Waals surface area contributed by atoms with Crippen molar-refractivity contribution >= 4 is 5.78 Å². The summed E-state index contributed by atoms with van der Waals surface area (Å²) in [6.07, 6.45) is -0.0525. The molecule has 3 heteroatoms. The molecule has 0 heterocycles. The van der Waals surface area contributed by atoms with Crippen molar-refractivity contribution in [3.05, 3.63) is 28.8 Å². The van der Waals surface area contributed by atoms with Crippen molar-refractivity contribution < 1.29 is 14.3 Å². The topological polar surface area (TPSA) is 35.5 Å². The maximum Gasteiger partial charge on any atom is 0.169 e. The summed E-state index contributed by atoms with van der Waals surface area (Å²) in [6.45, 7) is 8.58. The van der Waals surface area contributed by atoms with Gasteiger partial charge in [0.1, 0.15) is 11.9 Å². The third-order valence-corrected chi connectivity index (χ3v) is 3.55. The number of ether oxygens (including phenoxy) is 2. The molecule has 0 N–H and O–H groups in total. The van der Waals surface area contributed by atoms with Crippen molar-refractivity contribution in [2.24, 2.45) is 0 Å². The van der Waals surface area contributed by atoms with E-state index in [1.807, 2.05) is 26.8 Å². The molecule has 0 saturated heterocycles. The molecule has 1 aromatic rings. The van der Waals surface area contributed by atoms with Gasteiger partial charge in [0.15, 0.2) is 11.9 Å². The molecule has 0 aromatic heterocycles. The van der Waals surface area contributed by atoms with E-state index in [4.69, 9.17) is 9.47 Å². The fourth-order valence-electron chi connectivity index (χ4n) is 2.21. The van der Waals surface area contributed by atoms with Crippen LogP contribution < -0.4 is 4.74 Å². The van der Waals surface area contributed by atoms with Crippen LogP contribution in [0.5, 0.6) is 5.75 Å². The minimum Gasteiger partial charge on any atom is -0.486 e. The van der Waals surface area contributed by atoms with E-state index in [1.54, 1.807) is 0 Å². The normalized spacial score (nSPS) is 22.8. The first-order valence-electron chi connectivity index (χ1n) is 6.42. The zero-order valence-electron chi connectivity index (χ0n) is 11.4. The van der Waals surface area contributed by atoms with Crippen LogP contribution in [0.3, 0.4) is 0 Å². The van der Waals surface area contributed by atoms with Crippen LogP contribution in [0.1, 0.15) is 30.0 Å². The summed E-state index contributed by atoms with van der Waals surface area (Å²) in [4.78, 5) is 11.5. The molecule has 0 aliphatic heterocycles. The van der Waals surface area contributed by atoms with Gasteiger partial charge in [0.05, 0.1) is 0 Å². The van der Waals surface area contributed by atoms with Crippen molar-refractivity contribution in [1.82, 2.24) is 0 Å². The molecule has 0 spiro atoms. The molecule has 3 nitrogen and oxygen atoms in total. The highest BCUT2D eigenvalue weighted by Crippen LogP contribution is 2.31. The van der Waals surface area contributed by atoms with E-state index >= 15 is 0 Å². The zero-order chi connectivity index (χ0) is 13.3. The third kappa shape index (κ3) is 2.27. The molecule has 1 aliphatic rings. The lowest BCUT2D eigenvalue weighted by Crippen LogP contribution is -2.52. The van der Waals surface area contributed by atoms with Crippen LogP contribution in [0, 0.1) is 20.8 Å². The number of rotatable bonds is 4. The highest BCUT2D eigenvalue weighted by atomic mass is 16.5. The Morgan fingerprint density at radius 1 is 1.22 bits per heavy atom. The van der Waals surface area contributed by atoms with Crippen molar-refractivity contribution in [1.29, 1.82) is 0 Å². The van der Waals surface area contributed by atoms with Gasteiger partial charge in [-0.25, -0.2) is 0 Å². The summed E-state index contributed by atoms with van der Waals surface area (Å²) in [6, 6.07) is 4.14. The molecule has 1 aliphatic carbocycles. The first kappa shape index (κ1) is 13.1. The smallest absolute Gasteiger partial charge is 0.169 e. The number of carbonyl (C=O) groups excluding carboxylic acids is 1. The van der Waals surface area contributed by atoms with Crippen LogP contribution in [0.4, 0.5) is 0 Å². The van der Waals surface area contributed by atoms with Crippen molar-refractivity contribution in [3.8, 4) is 5.75 Å². The number of Topliss-reactive ketones (excluding diaryl/α,β-unsaturated/α-hetero) is 1. The molecule has 2 atom stereocenters. The average molecular weight is 248 g/mol. The second kappa shape index (κ2) is 5.11. The predicted molar refractivity (Wildman–Crippen MR) is 70.1 cm³/mol. The van der Waals surface area contributed by atoms with Crippen LogP contribution in [0.15, 0.2) is 12.1 Å². The summed E-state index contributed by atoms with van der Waals surface area (Å²) in [5.74, 6) is 1.04. The number of carbonyl (C=O) groups is 1. The summed E-state index contributed by atoms with van der Waals surface area (Å²) >= 11 is 0. The van der Waals surface area contributed by atoms with E-state index < -0.39 is 0 Å². The standard InChI is InChI=1S/C15H20O3/c1-5-17-15-12(16)8-13(15)18-14-10(3)7-6-9(2)11(14)4/h6-7,13,15H,5,8H2,1-4H3. The van der Waals surface area contributed by atoms with Gasteiger partial charge in [-0.3, -0.25) is 4.79 Å². The SMILES string of the molecule is CCOC1C(=O)CC1Oc1c(C)ccc(C)c1C. The van der Waals surface area contributed by atoms with Crippen molar-refractivity contribution in [2.45, 2.75) is 46.3 Å². The van der Waals surface area contributed by atoms with E-state index in [0.717, 1.165) is 16.9 Å². The lowest BCUT2D eigenvalue weighted by Gasteiger charge is -2.35. The maximum atomic E-state index is 11.5. The van der Waals surface area contributed by atoms with E-state index in [2.05, 4.69) is 13.0 Å². The van der Waals surface area contributed by atoms with Gasteiger partial charge in [0.2, 0.25) is 0 Å². The van der Waals surface area contributed by atoms with Gasteiger partial charge in [-0.1, -0.05) is 12.1 Å². The van der Waals surface area contributed by atoms with Gasteiger partial charge in [-0.2, -0.15) is 0 Å². The van der Waals surface area contributed by atoms with Gasteiger partial charge < -0.3 is 9.47 Å². The Bertz CT molecular complexity index is 465. The first-order chi connectivity index (χ1) is 8.54. The molecule has 0 radical (unpaired) electrons. The monoisotopic (exact) mass is 248 g/mol. The highest BCUT2D eigenvalue weighted by Gasteiger charge is 2.42. The lowest BCUT2D eigenvalue weighted by atomic mass is 9.89. The summed E-state index contributed by atoms with van der Waals surface area (Å²) in [7, 11) is 0. The van der Waals surface area contributed by atoms with Crippen molar-refractivity contribution in [2.75, 3.05) is 6.61 Å². The van der Waals surface area contributed by atoms with Crippen LogP contribution in [0.2, 0.25) is 0 Å². The van der Waals surface area contributed by atoms with Crippen LogP contribution in [0.25, 0.3) is 0 Å². The van der Waals surface area contributed by atoms with Gasteiger partial charge in [-0.15, -0.1) is 0 Å². The Balaban J connectivity index is 2.15. The lowest BCUT2D eigenvalue weighted by molar-refractivity contribution is -0.154. The van der Waals surface area contributed by atoms with Gasteiger partial charge in [0.25, 0.3) is 0 Å². The molecular weight excluding hydrogens is 228 g/mol. The van der Waals surface area contributed by atoms with E-state index in [0.29, 0.717) is 13.0 Å². The molecule has 18 heavy (non-hydrogen) atoms. The molecular formula is C15H20O3. The Morgan fingerprint density at radius 2 is 1.89 bits per heavy atom. The predicted octanol–water partition coefficient (Wildman–Crippen LogP) is 2.74. The van der Waals surface area contributed by atoms with Crippen LogP contribution in [-0.4, -0.2) is 24.6 Å². The quantitative estimate of drug-likeness (QED) is 0.822. The van der Waals surface area contributed by atoms with E-state index in [9.17, 15) is 4.79 Å². The first-order valence-corrected chi connectivity index (χ1v) is 6.42. The number of hydrogen-bond donors (Lipinski definition) is 0. The maximum absolute atomic E-state index is 11.5. The Morgan fingerprint density at radius 3 is 2.50 bits per heavy atom. The van der Waals surface area contributed by atoms with Crippen LogP contribution in [-0.2, 0) is 9.53 Å². The molecule has 0 bridgehead atoms. The minimum absolute atomic E-state index is 0.128. The van der Waals surface area contributed by atoms with E-state index in [-0.39, 0.29) is 18.0 Å². The number of ketones is 1.